The summed E-state index contributed by atoms with van der Waals surface area (Å²) in [6.45, 7) is 7.50. The van der Waals surface area contributed by atoms with Crippen LogP contribution in [0, 0.1) is 27.7 Å². The third-order valence-electron chi connectivity index (χ3n) is 4.40. The summed E-state index contributed by atoms with van der Waals surface area (Å²) >= 11 is 0. The van der Waals surface area contributed by atoms with E-state index in [0.29, 0.717) is 11.5 Å². The molecule has 0 aliphatic rings. The van der Waals surface area contributed by atoms with Gasteiger partial charge in [0, 0.05) is 6.07 Å². The third-order valence-corrected chi connectivity index (χ3v) is 5.94. The molecule has 0 fully saturated rings. The lowest BCUT2D eigenvalue weighted by molar-refractivity contribution is 0.407. The fourth-order valence-corrected chi connectivity index (χ4v) is 4.62. The first-order valence-corrected chi connectivity index (χ1v) is 11.8. The Morgan fingerprint density at radius 3 is 1.23 bits per heavy atom. The van der Waals surface area contributed by atoms with Crippen LogP contribution in [0.2, 0.25) is 0 Å². The van der Waals surface area contributed by atoms with E-state index in [9.17, 15) is 9.13 Å². The van der Waals surface area contributed by atoms with Crippen molar-refractivity contribution in [2.24, 2.45) is 0 Å². The molecule has 0 radical (unpaired) electrons. The third kappa shape index (κ3) is 5.69. The maximum atomic E-state index is 12.4. The molecule has 30 heavy (non-hydrogen) atoms. The highest BCUT2D eigenvalue weighted by Crippen LogP contribution is 2.38. The van der Waals surface area contributed by atoms with Crippen molar-refractivity contribution in [3.63, 3.8) is 0 Å². The standard InChI is InChI=1S/C22H24O6P2/c1-15-8-5-9-16(2)21(15)27-29(23)25-19-12-7-13-20(14-19)26-30(24)28-22-17(3)10-6-11-18(22)4/h5-14,29-30H,1-4H3. The minimum absolute atomic E-state index is 0.282. The molecular weight excluding hydrogens is 422 g/mol. The Morgan fingerprint density at radius 1 is 0.533 bits per heavy atom. The van der Waals surface area contributed by atoms with E-state index in [-0.39, 0.29) is 11.5 Å². The number of rotatable bonds is 8. The van der Waals surface area contributed by atoms with E-state index in [1.54, 1.807) is 18.2 Å². The molecule has 0 aliphatic heterocycles. The monoisotopic (exact) mass is 446 g/mol. The summed E-state index contributed by atoms with van der Waals surface area (Å²) < 4.78 is 46.6. The van der Waals surface area contributed by atoms with Gasteiger partial charge in [-0.1, -0.05) is 42.5 Å². The van der Waals surface area contributed by atoms with Gasteiger partial charge < -0.3 is 18.1 Å². The van der Waals surface area contributed by atoms with Crippen molar-refractivity contribution in [1.29, 1.82) is 0 Å². The number of benzene rings is 3. The first kappa shape index (κ1) is 22.0. The minimum atomic E-state index is -2.85. The highest BCUT2D eigenvalue weighted by atomic mass is 31.1. The number of para-hydroxylation sites is 2. The molecule has 158 valence electrons. The van der Waals surface area contributed by atoms with Gasteiger partial charge in [-0.3, -0.25) is 0 Å². The number of hydrogen-bond acceptors (Lipinski definition) is 6. The largest absolute Gasteiger partial charge is 0.418 e. The Bertz CT molecular complexity index is 973. The van der Waals surface area contributed by atoms with Crippen LogP contribution in [0.3, 0.4) is 0 Å². The van der Waals surface area contributed by atoms with Crippen LogP contribution in [-0.2, 0) is 9.13 Å². The lowest BCUT2D eigenvalue weighted by atomic mass is 10.1. The molecular formula is C22H24O6P2. The Morgan fingerprint density at radius 2 is 0.867 bits per heavy atom. The van der Waals surface area contributed by atoms with E-state index < -0.39 is 16.5 Å². The predicted molar refractivity (Wildman–Crippen MR) is 119 cm³/mol. The molecule has 2 unspecified atom stereocenters. The van der Waals surface area contributed by atoms with Crippen LogP contribution in [0.4, 0.5) is 0 Å². The van der Waals surface area contributed by atoms with Crippen LogP contribution < -0.4 is 18.1 Å². The van der Waals surface area contributed by atoms with Crippen molar-refractivity contribution in [3.8, 4) is 23.0 Å². The SMILES string of the molecule is Cc1cccc(C)c1O[PH](=O)Oc1cccc(O[PH](=O)Oc2c(C)cccc2C)c1. The highest BCUT2D eigenvalue weighted by Gasteiger charge is 2.12. The molecule has 0 saturated carbocycles. The lowest BCUT2D eigenvalue weighted by Crippen LogP contribution is -1.94. The van der Waals surface area contributed by atoms with Crippen LogP contribution in [0.25, 0.3) is 0 Å². The summed E-state index contributed by atoms with van der Waals surface area (Å²) in [6, 6.07) is 17.7. The van der Waals surface area contributed by atoms with Crippen molar-refractivity contribution < 1.29 is 27.2 Å². The van der Waals surface area contributed by atoms with E-state index >= 15 is 0 Å². The van der Waals surface area contributed by atoms with E-state index in [0.717, 1.165) is 22.3 Å². The number of aryl methyl sites for hydroxylation is 4. The summed E-state index contributed by atoms with van der Waals surface area (Å²) in [5.74, 6) is 1.65. The Hall–Kier alpha value is -2.68. The summed E-state index contributed by atoms with van der Waals surface area (Å²) in [5.41, 5.74) is 3.49. The van der Waals surface area contributed by atoms with Gasteiger partial charge in [-0.15, -0.1) is 0 Å². The summed E-state index contributed by atoms with van der Waals surface area (Å²) in [5, 5.41) is 0. The first-order chi connectivity index (χ1) is 14.3. The minimum Gasteiger partial charge on any atom is -0.418 e. The molecule has 6 nitrogen and oxygen atoms in total. The molecule has 2 atom stereocenters. The zero-order valence-electron chi connectivity index (χ0n) is 17.2. The predicted octanol–water partition coefficient (Wildman–Crippen LogP) is 6.62. The highest BCUT2D eigenvalue weighted by molar-refractivity contribution is 7.34. The van der Waals surface area contributed by atoms with Crippen molar-refractivity contribution in [2.75, 3.05) is 0 Å². The van der Waals surface area contributed by atoms with Gasteiger partial charge in [0.1, 0.15) is 23.0 Å². The zero-order valence-corrected chi connectivity index (χ0v) is 19.2. The quantitative estimate of drug-likeness (QED) is 0.363. The lowest BCUT2D eigenvalue weighted by Gasteiger charge is -2.14. The fraction of sp³-hybridized carbons (Fsp3) is 0.182. The van der Waals surface area contributed by atoms with Crippen LogP contribution in [-0.4, -0.2) is 0 Å². The van der Waals surface area contributed by atoms with Crippen molar-refractivity contribution in [1.82, 2.24) is 0 Å². The summed E-state index contributed by atoms with van der Waals surface area (Å²) in [4.78, 5) is 0. The molecule has 8 heteroatoms. The van der Waals surface area contributed by atoms with Crippen molar-refractivity contribution in [2.45, 2.75) is 27.7 Å². The van der Waals surface area contributed by atoms with Crippen LogP contribution in [0.15, 0.2) is 60.7 Å². The second-order valence-electron chi connectivity index (χ2n) is 6.82. The van der Waals surface area contributed by atoms with E-state index in [2.05, 4.69) is 0 Å². The van der Waals surface area contributed by atoms with Gasteiger partial charge in [0.15, 0.2) is 0 Å². The fourth-order valence-electron chi connectivity index (χ4n) is 2.92. The average Bonchev–Trinajstić information content (AvgIpc) is 2.68. The van der Waals surface area contributed by atoms with Crippen LogP contribution in [0.1, 0.15) is 22.3 Å². The Labute approximate surface area is 177 Å². The van der Waals surface area contributed by atoms with Gasteiger partial charge in [0.05, 0.1) is 0 Å². The smallest absolute Gasteiger partial charge is 0.418 e. The Balaban J connectivity index is 1.64. The molecule has 0 aromatic heterocycles. The molecule has 0 spiro atoms. The topological polar surface area (TPSA) is 71.1 Å². The van der Waals surface area contributed by atoms with Gasteiger partial charge in [-0.2, -0.15) is 0 Å². The zero-order chi connectivity index (χ0) is 21.7. The van der Waals surface area contributed by atoms with E-state index in [1.165, 1.54) is 6.07 Å². The summed E-state index contributed by atoms with van der Waals surface area (Å²) in [6.07, 6.45) is 0. The molecule has 0 N–H and O–H groups in total. The van der Waals surface area contributed by atoms with Gasteiger partial charge in [0.2, 0.25) is 0 Å². The molecule has 0 bridgehead atoms. The molecule has 3 rings (SSSR count). The Kier molecular flexibility index (Phi) is 7.25. The van der Waals surface area contributed by atoms with Crippen molar-refractivity contribution >= 4 is 16.5 Å². The molecule has 0 amide bonds. The first-order valence-electron chi connectivity index (χ1n) is 9.35. The second-order valence-corrected chi connectivity index (χ2v) is 8.64. The van der Waals surface area contributed by atoms with E-state index in [1.807, 2.05) is 64.1 Å². The van der Waals surface area contributed by atoms with Crippen LogP contribution in [0.5, 0.6) is 23.0 Å². The van der Waals surface area contributed by atoms with Gasteiger partial charge in [-0.25, -0.2) is 9.13 Å². The maximum absolute atomic E-state index is 12.4. The van der Waals surface area contributed by atoms with Gasteiger partial charge >= 0.3 is 16.5 Å². The maximum Gasteiger partial charge on any atom is 0.418 e. The van der Waals surface area contributed by atoms with Crippen molar-refractivity contribution in [3.05, 3.63) is 82.9 Å². The van der Waals surface area contributed by atoms with E-state index in [4.69, 9.17) is 18.1 Å². The normalized spacial score (nSPS) is 12.7. The second kappa shape index (κ2) is 9.88. The molecule has 0 heterocycles. The summed E-state index contributed by atoms with van der Waals surface area (Å²) in [7, 11) is -5.70. The molecule has 0 aliphatic carbocycles. The van der Waals surface area contributed by atoms with Gasteiger partial charge in [0.25, 0.3) is 0 Å². The molecule has 3 aromatic rings. The molecule has 0 saturated heterocycles. The van der Waals surface area contributed by atoms with Crippen LogP contribution >= 0.6 is 16.5 Å². The van der Waals surface area contributed by atoms with Gasteiger partial charge in [-0.05, 0) is 62.1 Å². The molecule has 3 aromatic carbocycles. The average molecular weight is 446 g/mol. The number of hydrogen-bond donors (Lipinski definition) is 0.